The van der Waals surface area contributed by atoms with Crippen LogP contribution in [-0.4, -0.2) is 12.4 Å². The number of nitriles is 1. The fourth-order valence-electron chi connectivity index (χ4n) is 1.97. The number of hydrogen-bond donors (Lipinski definition) is 0. The number of nitrogens with zero attached hydrogens (tertiary/aromatic N) is 3. The molecule has 6 heteroatoms. The van der Waals surface area contributed by atoms with E-state index in [2.05, 4.69) is 43.0 Å². The minimum absolute atomic E-state index is 0.125. The maximum Gasteiger partial charge on any atom is 0.0538 e. The Morgan fingerprint density at radius 2 is 1.14 bits per heavy atom. The Balaban J connectivity index is 0.000000582. The smallest absolute Gasteiger partial charge is 0.0538 e. The third-order valence-corrected chi connectivity index (χ3v) is 3.06. The van der Waals surface area contributed by atoms with Crippen LogP contribution in [0.5, 0.6) is 0 Å². The molecule has 0 unspecified atom stereocenters. The average molecular weight is 676 g/mol. The molecule has 0 atom stereocenters. The van der Waals surface area contributed by atoms with Crippen LogP contribution >= 0.6 is 27.0 Å². The van der Waals surface area contributed by atoms with Gasteiger partial charge in [0.1, 0.15) is 0 Å². The second-order valence-electron chi connectivity index (χ2n) is 5.02. The standard InChI is InChI=1S/C20H15N2.C2H3N.2BrH.Ir/c1-3-10-19(11-4-1)21-15-17-8-7-9-18(14-17)16-22-20-12-5-2-6-13-20;1-2-3;;;/h1-13,15-16H;1H3;2*1H;/q-1;;;;+3/p-2. The number of rotatable bonds is 4. The van der Waals surface area contributed by atoms with E-state index in [9.17, 15) is 0 Å². The molecule has 0 saturated carbocycles. The van der Waals surface area contributed by atoms with Crippen LogP contribution in [0.4, 0.5) is 11.4 Å². The molecule has 3 aromatic rings. The van der Waals surface area contributed by atoms with Crippen molar-refractivity contribution >= 4 is 50.8 Å². The van der Waals surface area contributed by atoms with Crippen molar-refractivity contribution in [1.82, 2.24) is 0 Å². The van der Waals surface area contributed by atoms with E-state index in [0.717, 1.165) is 22.5 Å². The van der Waals surface area contributed by atoms with E-state index >= 15 is 0 Å². The van der Waals surface area contributed by atoms with Crippen LogP contribution in [0.25, 0.3) is 0 Å². The Morgan fingerprint density at radius 3 is 1.50 bits per heavy atom. The summed E-state index contributed by atoms with van der Waals surface area (Å²) in [5.74, 6) is 0. The first-order chi connectivity index (χ1) is 13.7. The quantitative estimate of drug-likeness (QED) is 0.213. The zero-order chi connectivity index (χ0) is 20.5. The minimum Gasteiger partial charge on any atom is -0.295 e. The molecule has 0 N–H and O–H groups in total. The molecule has 0 heterocycles. The zero-order valence-electron chi connectivity index (χ0n) is 15.1. The van der Waals surface area contributed by atoms with E-state index in [1.807, 2.05) is 91.3 Å². The summed E-state index contributed by atoms with van der Waals surface area (Å²) < 4.78 is 0. The van der Waals surface area contributed by atoms with Crippen molar-refractivity contribution in [2.75, 3.05) is 0 Å². The number of hydrogen-bond acceptors (Lipinski definition) is 3. The summed E-state index contributed by atoms with van der Waals surface area (Å²) in [7, 11) is 0. The normalized spacial score (nSPS) is 9.93. The van der Waals surface area contributed by atoms with Crippen LogP contribution in [-0.2, 0) is 13.7 Å². The van der Waals surface area contributed by atoms with Gasteiger partial charge in [-0.15, -0.1) is 35.4 Å². The molecule has 3 nitrogen and oxygen atoms in total. The van der Waals surface area contributed by atoms with E-state index in [1.165, 1.54) is 6.92 Å². The van der Waals surface area contributed by atoms with Gasteiger partial charge in [0.05, 0.1) is 17.4 Å². The minimum atomic E-state index is 0.125. The van der Waals surface area contributed by atoms with Gasteiger partial charge in [-0.3, -0.25) is 9.98 Å². The molecule has 3 rings (SSSR count). The van der Waals surface area contributed by atoms with E-state index in [-0.39, 0.29) is 13.7 Å². The summed E-state index contributed by atoms with van der Waals surface area (Å²) in [6.45, 7) is 1.43. The van der Waals surface area contributed by atoms with Crippen molar-refractivity contribution in [3.8, 4) is 6.07 Å². The molecule has 144 valence electrons. The largest absolute Gasteiger partial charge is 0.295 e. The Hall–Kier alpha value is -1.90. The van der Waals surface area contributed by atoms with Gasteiger partial charge in [-0.1, -0.05) is 36.4 Å². The van der Waals surface area contributed by atoms with Crippen LogP contribution in [0, 0.1) is 17.4 Å². The Bertz CT molecular complexity index is 828. The topological polar surface area (TPSA) is 48.5 Å². The van der Waals surface area contributed by atoms with Gasteiger partial charge in [-0.2, -0.15) is 5.26 Å². The van der Waals surface area contributed by atoms with Crippen molar-refractivity contribution in [3.05, 3.63) is 96.1 Å². The molecule has 0 aliphatic rings. The van der Waals surface area contributed by atoms with Crippen LogP contribution < -0.4 is 0 Å². The number of halogens is 2. The van der Waals surface area contributed by atoms with Gasteiger partial charge in [0.2, 0.25) is 0 Å². The average Bonchev–Trinajstić information content (AvgIpc) is 2.74. The molecule has 0 amide bonds. The van der Waals surface area contributed by atoms with Crippen LogP contribution in [0.15, 0.2) is 88.8 Å². The van der Waals surface area contributed by atoms with Crippen LogP contribution in [0.3, 0.4) is 0 Å². The van der Waals surface area contributed by atoms with Gasteiger partial charge in [-0.25, -0.2) is 0 Å². The summed E-state index contributed by atoms with van der Waals surface area (Å²) in [5.41, 5.74) is 3.72. The summed E-state index contributed by atoms with van der Waals surface area (Å²) in [6, 6.07) is 30.7. The van der Waals surface area contributed by atoms with E-state index in [1.54, 1.807) is 6.07 Å². The SMILES string of the molecule is CC#N.[Br][Ir+][Br].[c-]1c(C=Nc2ccccc2)cccc1C=Nc1ccccc1. The predicted octanol–water partition coefficient (Wildman–Crippen LogP) is 7.21. The molecular formula is C22H18Br2IrN3. The van der Waals surface area contributed by atoms with Gasteiger partial charge in [0.25, 0.3) is 0 Å². The van der Waals surface area contributed by atoms with E-state index in [0.29, 0.717) is 0 Å². The zero-order valence-corrected chi connectivity index (χ0v) is 20.7. The number of aliphatic imine (C=N–C) groups is 2. The third-order valence-electron chi connectivity index (χ3n) is 3.06. The Kier molecular flexibility index (Phi) is 13.9. The third kappa shape index (κ3) is 11.1. The van der Waals surface area contributed by atoms with E-state index < -0.39 is 0 Å². The molecular weight excluding hydrogens is 658 g/mol. The van der Waals surface area contributed by atoms with E-state index in [4.69, 9.17) is 5.26 Å². The summed E-state index contributed by atoms with van der Waals surface area (Å²) in [4.78, 5) is 8.87. The van der Waals surface area contributed by atoms with Crippen LogP contribution in [0.2, 0.25) is 0 Å². The first-order valence-corrected chi connectivity index (χ1v) is 18.5. The molecule has 0 aliphatic heterocycles. The van der Waals surface area contributed by atoms with Crippen LogP contribution in [0.1, 0.15) is 18.1 Å². The summed E-state index contributed by atoms with van der Waals surface area (Å²) in [6.07, 6.45) is 3.63. The fraction of sp³-hybridized carbons (Fsp3) is 0.0455. The maximum atomic E-state index is 7.32. The maximum absolute atomic E-state index is 7.32. The summed E-state index contributed by atoms with van der Waals surface area (Å²) >= 11 is 6.50. The van der Waals surface area contributed by atoms with Gasteiger partial charge in [0, 0.05) is 6.92 Å². The molecule has 0 radical (unpaired) electrons. The van der Waals surface area contributed by atoms with Gasteiger partial charge >= 0.3 is 40.7 Å². The molecule has 0 saturated heterocycles. The summed E-state index contributed by atoms with van der Waals surface area (Å²) in [5, 5.41) is 7.32. The molecule has 0 spiro atoms. The second-order valence-corrected chi connectivity index (χ2v) is 15.5. The van der Waals surface area contributed by atoms with Crippen molar-refractivity contribution < 1.29 is 13.7 Å². The molecule has 0 bridgehead atoms. The van der Waals surface area contributed by atoms with Crippen molar-refractivity contribution in [1.29, 1.82) is 5.26 Å². The second kappa shape index (κ2) is 16.1. The molecule has 3 aromatic carbocycles. The number of para-hydroxylation sites is 2. The fourth-order valence-corrected chi connectivity index (χ4v) is 1.97. The Labute approximate surface area is 187 Å². The van der Waals surface area contributed by atoms with Gasteiger partial charge in [0.15, 0.2) is 0 Å². The monoisotopic (exact) mass is 675 g/mol. The predicted molar refractivity (Wildman–Crippen MR) is 122 cm³/mol. The molecule has 0 fully saturated rings. The molecule has 0 aliphatic carbocycles. The van der Waals surface area contributed by atoms with Gasteiger partial charge in [-0.05, 0) is 36.7 Å². The van der Waals surface area contributed by atoms with Crippen molar-refractivity contribution in [2.45, 2.75) is 6.92 Å². The molecule has 28 heavy (non-hydrogen) atoms. The molecule has 0 aromatic heterocycles. The van der Waals surface area contributed by atoms with Crippen molar-refractivity contribution in [2.24, 2.45) is 9.98 Å². The van der Waals surface area contributed by atoms with Crippen molar-refractivity contribution in [3.63, 3.8) is 0 Å². The Morgan fingerprint density at radius 1 is 0.786 bits per heavy atom. The first kappa shape index (κ1) is 24.1. The first-order valence-electron chi connectivity index (χ1n) is 8.08. The van der Waals surface area contributed by atoms with Gasteiger partial charge < -0.3 is 0 Å². The number of benzene rings is 3.